The molecular formula is C13H14N2. The van der Waals surface area contributed by atoms with Crippen LogP contribution in [0.2, 0.25) is 0 Å². The smallest absolute Gasteiger partial charge is 0.0853 e. The molecule has 0 aliphatic carbocycles. The zero-order valence-electron chi connectivity index (χ0n) is 9.01. The van der Waals surface area contributed by atoms with Gasteiger partial charge in [0.2, 0.25) is 0 Å². The van der Waals surface area contributed by atoms with Crippen LogP contribution in [-0.4, -0.2) is 9.78 Å². The van der Waals surface area contributed by atoms with Crippen LogP contribution in [0.15, 0.2) is 36.4 Å². The molecule has 0 unspecified atom stereocenters. The van der Waals surface area contributed by atoms with Gasteiger partial charge in [-0.25, -0.2) is 0 Å². The summed E-state index contributed by atoms with van der Waals surface area (Å²) in [6.07, 6.45) is 4.10. The summed E-state index contributed by atoms with van der Waals surface area (Å²) in [5, 5.41) is 4.36. The Balaban J connectivity index is 2.19. The average molecular weight is 198 g/mol. The summed E-state index contributed by atoms with van der Waals surface area (Å²) >= 11 is 0. The van der Waals surface area contributed by atoms with Gasteiger partial charge in [-0.3, -0.25) is 4.68 Å². The molecule has 1 aromatic heterocycles. The molecule has 0 atom stereocenters. The first-order chi connectivity index (χ1) is 7.25. The van der Waals surface area contributed by atoms with E-state index in [1.807, 2.05) is 42.9 Å². The van der Waals surface area contributed by atoms with Crippen LogP contribution in [0.1, 0.15) is 17.0 Å². The summed E-state index contributed by atoms with van der Waals surface area (Å²) < 4.78 is 1.88. The molecule has 0 N–H and O–H groups in total. The second kappa shape index (κ2) is 4.13. The number of hydrogen-bond acceptors (Lipinski definition) is 1. The minimum atomic E-state index is 0.999. The van der Waals surface area contributed by atoms with Gasteiger partial charge in [0.1, 0.15) is 0 Å². The highest BCUT2D eigenvalue weighted by atomic mass is 15.3. The predicted octanol–water partition coefficient (Wildman–Crippen LogP) is 2.90. The van der Waals surface area contributed by atoms with Crippen LogP contribution in [-0.2, 0) is 7.05 Å². The van der Waals surface area contributed by atoms with Gasteiger partial charge in [-0.1, -0.05) is 36.4 Å². The molecule has 2 nitrogen and oxygen atoms in total. The van der Waals surface area contributed by atoms with Crippen molar-refractivity contribution in [2.45, 2.75) is 6.92 Å². The van der Waals surface area contributed by atoms with Gasteiger partial charge in [0.05, 0.1) is 5.69 Å². The van der Waals surface area contributed by atoms with E-state index in [2.05, 4.69) is 29.4 Å². The van der Waals surface area contributed by atoms with E-state index in [0.29, 0.717) is 0 Å². The molecule has 2 aromatic rings. The summed E-state index contributed by atoms with van der Waals surface area (Å²) in [5.41, 5.74) is 3.36. The maximum atomic E-state index is 4.36. The van der Waals surface area contributed by atoms with Gasteiger partial charge in [-0.05, 0) is 24.6 Å². The lowest BCUT2D eigenvalue weighted by molar-refractivity contribution is 0.738. The third-order valence-corrected chi connectivity index (χ3v) is 2.38. The molecular weight excluding hydrogens is 184 g/mol. The van der Waals surface area contributed by atoms with Gasteiger partial charge in [0.15, 0.2) is 0 Å². The van der Waals surface area contributed by atoms with Gasteiger partial charge < -0.3 is 0 Å². The van der Waals surface area contributed by atoms with E-state index < -0.39 is 0 Å². The molecule has 15 heavy (non-hydrogen) atoms. The summed E-state index contributed by atoms with van der Waals surface area (Å²) in [7, 11) is 1.95. The second-order valence-corrected chi connectivity index (χ2v) is 3.58. The Labute approximate surface area is 89.9 Å². The van der Waals surface area contributed by atoms with Crippen molar-refractivity contribution in [3.63, 3.8) is 0 Å². The average Bonchev–Trinajstić information content (AvgIpc) is 2.57. The molecule has 2 rings (SSSR count). The number of aromatic nitrogens is 2. The Morgan fingerprint density at radius 2 is 1.87 bits per heavy atom. The molecule has 1 heterocycles. The van der Waals surface area contributed by atoms with Crippen LogP contribution < -0.4 is 0 Å². The lowest BCUT2D eigenvalue weighted by Gasteiger charge is -1.90. The first-order valence-corrected chi connectivity index (χ1v) is 4.99. The Kier molecular flexibility index (Phi) is 2.68. The first-order valence-electron chi connectivity index (χ1n) is 4.99. The quantitative estimate of drug-likeness (QED) is 0.725. The highest BCUT2D eigenvalue weighted by Crippen LogP contribution is 2.07. The van der Waals surface area contributed by atoms with Gasteiger partial charge in [0, 0.05) is 12.7 Å². The van der Waals surface area contributed by atoms with Crippen molar-refractivity contribution >= 4 is 12.2 Å². The zero-order chi connectivity index (χ0) is 10.7. The molecule has 2 heteroatoms. The third-order valence-electron chi connectivity index (χ3n) is 2.38. The number of benzene rings is 1. The summed E-state index contributed by atoms with van der Waals surface area (Å²) in [4.78, 5) is 0. The fraction of sp³-hybridized carbons (Fsp3) is 0.154. The van der Waals surface area contributed by atoms with Crippen LogP contribution >= 0.6 is 0 Å². The normalized spacial score (nSPS) is 11.1. The topological polar surface area (TPSA) is 17.8 Å². The monoisotopic (exact) mass is 198 g/mol. The number of aryl methyl sites for hydroxylation is 2. The molecule has 1 aromatic carbocycles. The maximum Gasteiger partial charge on any atom is 0.0853 e. The van der Waals surface area contributed by atoms with Crippen molar-refractivity contribution in [1.82, 2.24) is 9.78 Å². The molecule has 0 fully saturated rings. The molecule has 76 valence electrons. The van der Waals surface area contributed by atoms with Crippen molar-refractivity contribution < 1.29 is 0 Å². The largest absolute Gasteiger partial charge is 0.272 e. The van der Waals surface area contributed by atoms with Crippen LogP contribution in [0.5, 0.6) is 0 Å². The highest BCUT2D eigenvalue weighted by Gasteiger charge is 1.95. The Bertz CT molecular complexity index is 447. The predicted molar refractivity (Wildman–Crippen MR) is 63.3 cm³/mol. The second-order valence-electron chi connectivity index (χ2n) is 3.58. The van der Waals surface area contributed by atoms with Gasteiger partial charge in [0.25, 0.3) is 0 Å². The molecule has 0 aliphatic heterocycles. The maximum absolute atomic E-state index is 4.36. The lowest BCUT2D eigenvalue weighted by Crippen LogP contribution is -1.91. The SMILES string of the molecule is Cc1cc(/C=C/c2ccccc2)nn1C. The Morgan fingerprint density at radius 3 is 2.47 bits per heavy atom. The van der Waals surface area contributed by atoms with Crippen molar-refractivity contribution in [1.29, 1.82) is 0 Å². The van der Waals surface area contributed by atoms with Crippen LogP contribution in [0, 0.1) is 6.92 Å². The van der Waals surface area contributed by atoms with Gasteiger partial charge >= 0.3 is 0 Å². The van der Waals surface area contributed by atoms with Crippen molar-refractivity contribution in [2.24, 2.45) is 7.05 Å². The van der Waals surface area contributed by atoms with Crippen LogP contribution in [0.4, 0.5) is 0 Å². The number of rotatable bonds is 2. The van der Waals surface area contributed by atoms with Crippen LogP contribution in [0.25, 0.3) is 12.2 Å². The van der Waals surface area contributed by atoms with E-state index in [9.17, 15) is 0 Å². The van der Waals surface area contributed by atoms with Crippen molar-refractivity contribution in [3.8, 4) is 0 Å². The molecule has 0 bridgehead atoms. The third kappa shape index (κ3) is 2.34. The lowest BCUT2D eigenvalue weighted by atomic mass is 10.2. The summed E-state index contributed by atoms with van der Waals surface area (Å²) in [5.74, 6) is 0. The minimum absolute atomic E-state index is 0.999. The van der Waals surface area contributed by atoms with E-state index in [-0.39, 0.29) is 0 Å². The fourth-order valence-corrected chi connectivity index (χ4v) is 1.42. The molecule has 0 amide bonds. The minimum Gasteiger partial charge on any atom is -0.272 e. The van der Waals surface area contributed by atoms with Gasteiger partial charge in [-0.2, -0.15) is 5.10 Å². The van der Waals surface area contributed by atoms with Gasteiger partial charge in [-0.15, -0.1) is 0 Å². The standard InChI is InChI=1S/C13H14N2/c1-11-10-13(14-15(11)2)9-8-12-6-4-3-5-7-12/h3-10H,1-2H3/b9-8+. The Morgan fingerprint density at radius 1 is 1.13 bits per heavy atom. The molecule has 0 aliphatic rings. The van der Waals surface area contributed by atoms with E-state index >= 15 is 0 Å². The molecule has 0 spiro atoms. The van der Waals surface area contributed by atoms with E-state index in [0.717, 1.165) is 5.69 Å². The molecule has 0 saturated heterocycles. The summed E-state index contributed by atoms with van der Waals surface area (Å²) in [6, 6.07) is 12.3. The zero-order valence-corrected chi connectivity index (χ0v) is 9.01. The van der Waals surface area contributed by atoms with Crippen molar-refractivity contribution in [3.05, 3.63) is 53.3 Å². The fourth-order valence-electron chi connectivity index (χ4n) is 1.42. The van der Waals surface area contributed by atoms with Crippen LogP contribution in [0.3, 0.4) is 0 Å². The Hall–Kier alpha value is -1.83. The first kappa shape index (κ1) is 9.71. The van der Waals surface area contributed by atoms with E-state index in [1.54, 1.807) is 0 Å². The summed E-state index contributed by atoms with van der Waals surface area (Å²) in [6.45, 7) is 2.05. The number of hydrogen-bond donors (Lipinski definition) is 0. The van der Waals surface area contributed by atoms with E-state index in [4.69, 9.17) is 0 Å². The molecule has 0 saturated carbocycles. The van der Waals surface area contributed by atoms with E-state index in [1.165, 1.54) is 11.3 Å². The highest BCUT2D eigenvalue weighted by molar-refractivity contribution is 5.67. The molecule has 0 radical (unpaired) electrons. The number of nitrogens with zero attached hydrogens (tertiary/aromatic N) is 2. The van der Waals surface area contributed by atoms with Crippen molar-refractivity contribution in [2.75, 3.05) is 0 Å².